The lowest BCUT2D eigenvalue weighted by Crippen LogP contribution is -2.27. The van der Waals surface area contributed by atoms with E-state index in [4.69, 9.17) is 0 Å². The quantitative estimate of drug-likeness (QED) is 0.754. The number of benzene rings is 1. The molecule has 2 rings (SSSR count). The zero-order valence-electron chi connectivity index (χ0n) is 11.4. The van der Waals surface area contributed by atoms with Crippen LogP contribution in [-0.4, -0.2) is 21.8 Å². The van der Waals surface area contributed by atoms with Gasteiger partial charge in [-0.2, -0.15) is 0 Å². The van der Waals surface area contributed by atoms with Gasteiger partial charge in [0.15, 0.2) is 11.6 Å². The molecule has 1 heterocycles. The molecule has 0 spiro atoms. The molecule has 106 valence electrons. The average Bonchev–Trinajstić information content (AvgIpc) is 2.48. The number of aromatic nitrogens is 2. The molecule has 0 bridgehead atoms. The molecule has 0 aliphatic rings. The lowest BCUT2D eigenvalue weighted by molar-refractivity contribution is 0.584. The molecule has 0 saturated carbocycles. The van der Waals surface area contributed by atoms with Gasteiger partial charge >= 0.3 is 0 Å². The Bertz CT molecular complexity index is 548. The van der Waals surface area contributed by atoms with Gasteiger partial charge in [0.25, 0.3) is 0 Å². The van der Waals surface area contributed by atoms with Crippen LogP contribution in [0.2, 0.25) is 0 Å². The fraction of sp³-hybridized carbons (Fsp3) is 0.333. The number of rotatable bonds is 6. The van der Waals surface area contributed by atoms with Crippen molar-refractivity contribution in [2.75, 3.05) is 16.8 Å². The van der Waals surface area contributed by atoms with Crippen molar-refractivity contribution >= 4 is 21.7 Å². The molecule has 3 nitrogen and oxygen atoms in total. The number of aryl methyl sites for hydroxylation is 1. The monoisotopic (exact) mass is 337 g/mol. The summed E-state index contributed by atoms with van der Waals surface area (Å²) >= 11 is 3.41. The normalized spacial score (nSPS) is 10.6. The van der Waals surface area contributed by atoms with E-state index in [9.17, 15) is 4.39 Å². The molecule has 0 radical (unpaired) electrons. The van der Waals surface area contributed by atoms with Crippen molar-refractivity contribution in [3.05, 3.63) is 53.7 Å². The minimum atomic E-state index is -0.313. The van der Waals surface area contributed by atoms with Crippen LogP contribution in [0.3, 0.4) is 0 Å². The van der Waals surface area contributed by atoms with E-state index < -0.39 is 0 Å². The Morgan fingerprint density at radius 2 is 1.95 bits per heavy atom. The Morgan fingerprint density at radius 1 is 1.20 bits per heavy atom. The van der Waals surface area contributed by atoms with E-state index in [1.807, 2.05) is 42.2 Å². The predicted octanol–water partition coefficient (Wildman–Crippen LogP) is 3.58. The molecule has 1 aromatic heterocycles. The zero-order chi connectivity index (χ0) is 14.4. The first-order chi connectivity index (χ1) is 9.76. The van der Waals surface area contributed by atoms with Crippen LogP contribution < -0.4 is 4.90 Å². The van der Waals surface area contributed by atoms with Crippen LogP contribution in [-0.2, 0) is 13.0 Å². The van der Waals surface area contributed by atoms with Crippen LogP contribution >= 0.6 is 15.9 Å². The Labute approximate surface area is 127 Å². The van der Waals surface area contributed by atoms with E-state index >= 15 is 0 Å². The van der Waals surface area contributed by atoms with E-state index in [1.165, 1.54) is 6.33 Å². The first kappa shape index (κ1) is 14.9. The number of hydrogen-bond acceptors (Lipinski definition) is 3. The van der Waals surface area contributed by atoms with E-state index in [0.717, 1.165) is 10.9 Å². The molecule has 0 aliphatic heterocycles. The number of hydrogen-bond donors (Lipinski definition) is 0. The molecule has 20 heavy (non-hydrogen) atoms. The van der Waals surface area contributed by atoms with Crippen LogP contribution in [0.15, 0.2) is 36.7 Å². The SMILES string of the molecule is CCc1ncnc(N(CCBr)Cc2ccccc2)c1F. The van der Waals surface area contributed by atoms with Gasteiger partial charge in [-0.25, -0.2) is 14.4 Å². The van der Waals surface area contributed by atoms with Gasteiger partial charge in [0.2, 0.25) is 0 Å². The maximum atomic E-state index is 14.4. The summed E-state index contributed by atoms with van der Waals surface area (Å²) in [6, 6.07) is 9.99. The van der Waals surface area contributed by atoms with Gasteiger partial charge in [0.05, 0.1) is 5.69 Å². The van der Waals surface area contributed by atoms with E-state index in [1.54, 1.807) is 0 Å². The van der Waals surface area contributed by atoms with Gasteiger partial charge in [0.1, 0.15) is 6.33 Å². The van der Waals surface area contributed by atoms with Gasteiger partial charge in [-0.05, 0) is 12.0 Å². The summed E-state index contributed by atoms with van der Waals surface area (Å²) in [5, 5.41) is 0.755. The van der Waals surface area contributed by atoms with E-state index in [-0.39, 0.29) is 5.82 Å². The van der Waals surface area contributed by atoms with Crippen LogP contribution in [0.4, 0.5) is 10.2 Å². The highest BCUT2D eigenvalue weighted by Gasteiger charge is 2.16. The van der Waals surface area contributed by atoms with Crippen LogP contribution in [0, 0.1) is 5.82 Å². The van der Waals surface area contributed by atoms with Crippen LogP contribution in [0.5, 0.6) is 0 Å². The highest BCUT2D eigenvalue weighted by molar-refractivity contribution is 9.09. The lowest BCUT2D eigenvalue weighted by atomic mass is 10.2. The van der Waals surface area contributed by atoms with Crippen molar-refractivity contribution in [1.29, 1.82) is 0 Å². The van der Waals surface area contributed by atoms with Gasteiger partial charge < -0.3 is 4.90 Å². The maximum Gasteiger partial charge on any atom is 0.187 e. The third-order valence-electron chi connectivity index (χ3n) is 3.05. The summed E-state index contributed by atoms with van der Waals surface area (Å²) in [6.07, 6.45) is 2.00. The Kier molecular flexibility index (Phi) is 5.47. The molecule has 0 fully saturated rings. The predicted molar refractivity (Wildman–Crippen MR) is 82.7 cm³/mol. The molecule has 5 heteroatoms. The molecular weight excluding hydrogens is 321 g/mol. The summed E-state index contributed by atoms with van der Waals surface area (Å²) < 4.78 is 14.4. The molecule has 0 aliphatic carbocycles. The minimum absolute atomic E-state index is 0.313. The van der Waals surface area contributed by atoms with Crippen LogP contribution in [0.25, 0.3) is 0 Å². The van der Waals surface area contributed by atoms with E-state index in [0.29, 0.717) is 31.0 Å². The highest BCUT2D eigenvalue weighted by Crippen LogP contribution is 2.20. The van der Waals surface area contributed by atoms with Crippen molar-refractivity contribution in [3.63, 3.8) is 0 Å². The van der Waals surface area contributed by atoms with Crippen molar-refractivity contribution in [2.45, 2.75) is 19.9 Å². The number of anilines is 1. The molecular formula is C15H17BrFN3. The second kappa shape index (κ2) is 7.33. The Hall–Kier alpha value is -1.49. The lowest BCUT2D eigenvalue weighted by Gasteiger charge is -2.23. The summed E-state index contributed by atoms with van der Waals surface area (Å²) in [5.74, 6) is 0.0621. The minimum Gasteiger partial charge on any atom is -0.349 e. The Morgan fingerprint density at radius 3 is 2.60 bits per heavy atom. The topological polar surface area (TPSA) is 29.0 Å². The highest BCUT2D eigenvalue weighted by atomic mass is 79.9. The largest absolute Gasteiger partial charge is 0.349 e. The zero-order valence-corrected chi connectivity index (χ0v) is 13.0. The second-order valence-corrected chi connectivity index (χ2v) is 5.20. The standard InChI is InChI=1S/C15H17BrFN3/c1-2-13-14(17)15(19-11-18-13)20(9-8-16)10-12-6-4-3-5-7-12/h3-7,11H,2,8-10H2,1H3. The number of halogens is 2. The summed E-state index contributed by atoms with van der Waals surface area (Å²) in [4.78, 5) is 10.0. The second-order valence-electron chi connectivity index (χ2n) is 4.41. The average molecular weight is 338 g/mol. The molecule has 0 atom stereocenters. The van der Waals surface area contributed by atoms with Gasteiger partial charge in [0, 0.05) is 18.4 Å². The van der Waals surface area contributed by atoms with Crippen molar-refractivity contribution in [2.24, 2.45) is 0 Å². The van der Waals surface area contributed by atoms with Gasteiger partial charge in [-0.1, -0.05) is 53.2 Å². The van der Waals surface area contributed by atoms with Crippen molar-refractivity contribution in [3.8, 4) is 0 Å². The third kappa shape index (κ3) is 3.54. The fourth-order valence-electron chi connectivity index (χ4n) is 2.03. The van der Waals surface area contributed by atoms with Crippen molar-refractivity contribution in [1.82, 2.24) is 9.97 Å². The van der Waals surface area contributed by atoms with Crippen molar-refractivity contribution < 1.29 is 4.39 Å². The summed E-state index contributed by atoms with van der Waals surface area (Å²) in [6.45, 7) is 3.21. The summed E-state index contributed by atoms with van der Waals surface area (Å²) in [5.41, 5.74) is 1.59. The molecule has 0 N–H and O–H groups in total. The molecule has 0 amide bonds. The molecule has 0 unspecified atom stereocenters. The Balaban J connectivity index is 2.29. The first-order valence-corrected chi connectivity index (χ1v) is 7.72. The number of alkyl halides is 1. The van der Waals surface area contributed by atoms with Crippen LogP contribution in [0.1, 0.15) is 18.2 Å². The maximum absolute atomic E-state index is 14.4. The first-order valence-electron chi connectivity index (χ1n) is 6.60. The van der Waals surface area contributed by atoms with Gasteiger partial charge in [-0.15, -0.1) is 0 Å². The van der Waals surface area contributed by atoms with Gasteiger partial charge in [-0.3, -0.25) is 0 Å². The molecule has 1 aromatic carbocycles. The fourth-order valence-corrected chi connectivity index (χ4v) is 2.46. The smallest absolute Gasteiger partial charge is 0.187 e. The number of nitrogens with zero attached hydrogens (tertiary/aromatic N) is 3. The van der Waals surface area contributed by atoms with E-state index in [2.05, 4.69) is 25.9 Å². The molecule has 0 saturated heterocycles. The third-order valence-corrected chi connectivity index (χ3v) is 3.40. The molecule has 2 aromatic rings. The summed E-state index contributed by atoms with van der Waals surface area (Å²) in [7, 11) is 0.